The van der Waals surface area contributed by atoms with Gasteiger partial charge in [0.2, 0.25) is 6.19 Å². The highest BCUT2D eigenvalue weighted by Crippen LogP contribution is 2.29. The van der Waals surface area contributed by atoms with Gasteiger partial charge in [-0.1, -0.05) is 29.0 Å². The molecule has 1 aliphatic rings. The lowest BCUT2D eigenvalue weighted by atomic mass is 10.4. The number of aromatic nitrogens is 1. The van der Waals surface area contributed by atoms with E-state index in [1.807, 2.05) is 35.4 Å². The van der Waals surface area contributed by atoms with Crippen molar-refractivity contribution in [1.82, 2.24) is 9.99 Å². The van der Waals surface area contributed by atoms with Crippen molar-refractivity contribution in [2.24, 2.45) is 4.99 Å². The van der Waals surface area contributed by atoms with Crippen molar-refractivity contribution in [3.63, 3.8) is 0 Å². The molecule has 5 nitrogen and oxygen atoms in total. The van der Waals surface area contributed by atoms with Gasteiger partial charge in [-0.05, 0) is 6.92 Å². The first kappa shape index (κ1) is 11.9. The molecule has 88 valence electrons. The van der Waals surface area contributed by atoms with Gasteiger partial charge < -0.3 is 0 Å². The average molecular weight is 268 g/mol. The summed E-state index contributed by atoms with van der Waals surface area (Å²) in [7, 11) is 0. The average Bonchev–Trinajstić information content (AvgIpc) is 2.91. The van der Waals surface area contributed by atoms with Crippen LogP contribution in [0.15, 0.2) is 23.5 Å². The Morgan fingerprint density at radius 2 is 2.59 bits per heavy atom. The summed E-state index contributed by atoms with van der Waals surface area (Å²) in [6, 6.07) is 0. The number of nitrogens with zero attached hydrogens (tertiary/aromatic N) is 5. The third-order valence-corrected chi connectivity index (χ3v) is 3.40. The van der Waals surface area contributed by atoms with Gasteiger partial charge in [0.15, 0.2) is 4.47 Å². The minimum Gasteiger partial charge on any atom is -0.269 e. The predicted molar refractivity (Wildman–Crippen MR) is 68.8 cm³/mol. The maximum absolute atomic E-state index is 8.63. The predicted octanol–water partition coefficient (Wildman–Crippen LogP) is 2.64. The number of amidine groups is 1. The van der Waals surface area contributed by atoms with Gasteiger partial charge >= 0.3 is 0 Å². The quantitative estimate of drug-likeness (QED) is 0.790. The first-order valence-corrected chi connectivity index (χ1v) is 6.26. The minimum atomic E-state index is 0.500. The van der Waals surface area contributed by atoms with Crippen LogP contribution in [0.4, 0.5) is 5.00 Å². The number of hydrogen-bond donors (Lipinski definition) is 0. The van der Waals surface area contributed by atoms with Gasteiger partial charge in [0.05, 0.1) is 6.20 Å². The summed E-state index contributed by atoms with van der Waals surface area (Å²) in [6.07, 6.45) is 8.05. The third kappa shape index (κ3) is 2.40. The standard InChI is InChI=1S/C10H10ClN5S/c1-2-15(9-6-13-10(11)17-9)16-5-3-4-8(16)14-7-12/h3,5-6H,2,4H2,1H3. The zero-order valence-electron chi connectivity index (χ0n) is 9.17. The van der Waals surface area contributed by atoms with Crippen LogP contribution in [0.2, 0.25) is 4.47 Å². The van der Waals surface area contributed by atoms with Crippen LogP contribution in [0.5, 0.6) is 0 Å². The Bertz CT molecular complexity index is 501. The highest BCUT2D eigenvalue weighted by molar-refractivity contribution is 7.19. The molecule has 0 aromatic carbocycles. The second-order valence-electron chi connectivity index (χ2n) is 3.23. The molecule has 17 heavy (non-hydrogen) atoms. The van der Waals surface area contributed by atoms with Crippen LogP contribution in [0, 0.1) is 11.5 Å². The normalized spacial score (nSPS) is 16.5. The second-order valence-corrected chi connectivity index (χ2v) is 4.82. The molecule has 2 rings (SSSR count). The topological polar surface area (TPSA) is 55.5 Å². The summed E-state index contributed by atoms with van der Waals surface area (Å²) in [5.41, 5.74) is 0. The Balaban J connectivity index is 2.27. The van der Waals surface area contributed by atoms with Crippen molar-refractivity contribution >= 4 is 33.8 Å². The molecule has 0 radical (unpaired) electrons. The fourth-order valence-electron chi connectivity index (χ4n) is 1.59. The number of hydrogen-bond acceptors (Lipinski definition) is 5. The van der Waals surface area contributed by atoms with E-state index in [0.717, 1.165) is 11.5 Å². The maximum Gasteiger partial charge on any atom is 0.207 e. The van der Waals surface area contributed by atoms with E-state index in [-0.39, 0.29) is 0 Å². The summed E-state index contributed by atoms with van der Waals surface area (Å²) in [5.74, 6) is 0.707. The van der Waals surface area contributed by atoms with Gasteiger partial charge in [-0.2, -0.15) is 10.3 Å². The van der Waals surface area contributed by atoms with E-state index < -0.39 is 0 Å². The molecule has 1 aromatic rings. The Kier molecular flexibility index (Phi) is 3.61. The van der Waals surface area contributed by atoms with Crippen LogP contribution in [0.25, 0.3) is 0 Å². The van der Waals surface area contributed by atoms with Gasteiger partial charge in [-0.25, -0.2) is 9.99 Å². The Hall–Kier alpha value is -1.58. The summed E-state index contributed by atoms with van der Waals surface area (Å²) in [5, 5.41) is 13.4. The summed E-state index contributed by atoms with van der Waals surface area (Å²) >= 11 is 7.22. The van der Waals surface area contributed by atoms with Crippen LogP contribution >= 0.6 is 22.9 Å². The van der Waals surface area contributed by atoms with Gasteiger partial charge in [0.1, 0.15) is 10.8 Å². The van der Waals surface area contributed by atoms with Gasteiger partial charge in [0.25, 0.3) is 0 Å². The monoisotopic (exact) mass is 267 g/mol. The first-order chi connectivity index (χ1) is 8.26. The molecule has 0 amide bonds. The number of nitriles is 1. The third-order valence-electron chi connectivity index (χ3n) is 2.27. The van der Waals surface area contributed by atoms with Crippen molar-refractivity contribution in [3.8, 4) is 6.19 Å². The largest absolute Gasteiger partial charge is 0.269 e. The molecule has 0 spiro atoms. The zero-order valence-corrected chi connectivity index (χ0v) is 10.7. The van der Waals surface area contributed by atoms with E-state index in [2.05, 4.69) is 9.98 Å². The lowest BCUT2D eigenvalue weighted by Crippen LogP contribution is -2.40. The van der Waals surface area contributed by atoms with Crippen LogP contribution in [0.1, 0.15) is 13.3 Å². The Morgan fingerprint density at radius 3 is 3.18 bits per heavy atom. The van der Waals surface area contributed by atoms with Crippen LogP contribution in [-0.2, 0) is 0 Å². The Labute approximate surface area is 108 Å². The molecule has 2 heterocycles. The molecule has 0 saturated carbocycles. The van der Waals surface area contributed by atoms with E-state index >= 15 is 0 Å². The van der Waals surface area contributed by atoms with Crippen molar-refractivity contribution < 1.29 is 0 Å². The Morgan fingerprint density at radius 1 is 1.76 bits per heavy atom. The van der Waals surface area contributed by atoms with E-state index in [0.29, 0.717) is 16.7 Å². The number of hydrazine groups is 1. The van der Waals surface area contributed by atoms with Crippen molar-refractivity contribution in [2.45, 2.75) is 13.3 Å². The maximum atomic E-state index is 8.63. The molecule has 1 aliphatic heterocycles. The van der Waals surface area contributed by atoms with Gasteiger partial charge in [-0.15, -0.1) is 0 Å². The molecule has 0 N–H and O–H groups in total. The van der Waals surface area contributed by atoms with E-state index in [4.69, 9.17) is 16.9 Å². The molecular formula is C10H10ClN5S. The van der Waals surface area contributed by atoms with E-state index in [1.165, 1.54) is 11.3 Å². The minimum absolute atomic E-state index is 0.500. The molecule has 0 aliphatic carbocycles. The highest BCUT2D eigenvalue weighted by Gasteiger charge is 2.21. The van der Waals surface area contributed by atoms with Crippen molar-refractivity contribution in [2.75, 3.05) is 11.6 Å². The molecule has 0 atom stereocenters. The van der Waals surface area contributed by atoms with Crippen LogP contribution in [0.3, 0.4) is 0 Å². The van der Waals surface area contributed by atoms with Crippen LogP contribution in [-0.4, -0.2) is 22.4 Å². The molecule has 7 heteroatoms. The van der Waals surface area contributed by atoms with Crippen LogP contribution < -0.4 is 5.01 Å². The highest BCUT2D eigenvalue weighted by atomic mass is 35.5. The smallest absolute Gasteiger partial charge is 0.207 e. The van der Waals surface area contributed by atoms with E-state index in [9.17, 15) is 0 Å². The van der Waals surface area contributed by atoms with Crippen molar-refractivity contribution in [1.29, 1.82) is 5.26 Å². The summed E-state index contributed by atoms with van der Waals surface area (Å²) in [4.78, 5) is 7.82. The lowest BCUT2D eigenvalue weighted by Gasteiger charge is -2.30. The number of anilines is 1. The lowest BCUT2D eigenvalue weighted by molar-refractivity contribution is 0.519. The van der Waals surface area contributed by atoms with Gasteiger partial charge in [-0.3, -0.25) is 5.01 Å². The molecular weight excluding hydrogens is 258 g/mol. The summed E-state index contributed by atoms with van der Waals surface area (Å²) < 4.78 is 0.500. The first-order valence-electron chi connectivity index (χ1n) is 5.06. The number of rotatable bonds is 3. The number of halogens is 1. The summed E-state index contributed by atoms with van der Waals surface area (Å²) in [6.45, 7) is 2.76. The zero-order chi connectivity index (χ0) is 12.3. The number of aliphatic imine (C=N–C) groups is 1. The molecule has 0 saturated heterocycles. The molecule has 0 bridgehead atoms. The van der Waals surface area contributed by atoms with E-state index in [1.54, 1.807) is 6.20 Å². The molecule has 0 fully saturated rings. The molecule has 0 unspecified atom stereocenters. The fourth-order valence-corrected chi connectivity index (χ4v) is 2.58. The molecule has 1 aromatic heterocycles. The fraction of sp³-hybridized carbons (Fsp3) is 0.300. The second kappa shape index (κ2) is 5.17. The number of thiazole rings is 1. The SMILES string of the molecule is CCN(c1cnc(Cl)s1)N1C=CCC1=NC#N. The van der Waals surface area contributed by atoms with Crippen molar-refractivity contribution in [3.05, 3.63) is 22.9 Å². The van der Waals surface area contributed by atoms with Gasteiger partial charge in [0, 0.05) is 19.2 Å².